The Labute approximate surface area is 122 Å². The van der Waals surface area contributed by atoms with Crippen LogP contribution in [-0.4, -0.2) is 17.3 Å². The lowest BCUT2D eigenvalue weighted by Gasteiger charge is -2.14. The van der Waals surface area contributed by atoms with E-state index in [9.17, 15) is 4.79 Å². The highest BCUT2D eigenvalue weighted by Gasteiger charge is 2.26. The molecule has 1 aliphatic rings. The number of nitrogens with zero attached hydrogens (tertiary/aromatic N) is 1. The summed E-state index contributed by atoms with van der Waals surface area (Å²) in [6, 6.07) is 8.43. The Hall–Kier alpha value is -1.88. The Morgan fingerprint density at radius 3 is 3.00 bits per heavy atom. The molecule has 3 rings (SSSR count). The van der Waals surface area contributed by atoms with Gasteiger partial charge in [-0.1, -0.05) is 24.3 Å². The molecular formula is C15H17N3OS. The third-order valence-corrected chi connectivity index (χ3v) is 4.71. The van der Waals surface area contributed by atoms with Crippen molar-refractivity contribution < 1.29 is 4.79 Å². The first-order chi connectivity index (χ1) is 9.70. The number of hydrogen-bond acceptors (Lipinski definition) is 4. The van der Waals surface area contributed by atoms with Crippen molar-refractivity contribution in [3.8, 4) is 0 Å². The summed E-state index contributed by atoms with van der Waals surface area (Å²) < 4.78 is 4.25. The van der Waals surface area contributed by atoms with E-state index in [2.05, 4.69) is 33.2 Å². The van der Waals surface area contributed by atoms with Crippen LogP contribution in [0.5, 0.6) is 0 Å². The maximum atomic E-state index is 12.5. The molecule has 0 spiro atoms. The van der Waals surface area contributed by atoms with Crippen LogP contribution in [-0.2, 0) is 6.42 Å². The quantitative estimate of drug-likeness (QED) is 0.912. The molecule has 2 N–H and O–H groups in total. The summed E-state index contributed by atoms with van der Waals surface area (Å²) in [5.74, 6) is -0.0395. The van der Waals surface area contributed by atoms with Crippen LogP contribution in [0, 0.1) is 6.92 Å². The number of hydrogen-bond donors (Lipinski definition) is 2. The number of anilines is 1. The van der Waals surface area contributed by atoms with Crippen molar-refractivity contribution in [3.63, 3.8) is 0 Å². The van der Waals surface area contributed by atoms with Gasteiger partial charge in [0.25, 0.3) is 5.91 Å². The van der Waals surface area contributed by atoms with Gasteiger partial charge in [-0.2, -0.15) is 4.37 Å². The number of rotatable bonds is 3. The van der Waals surface area contributed by atoms with E-state index >= 15 is 0 Å². The van der Waals surface area contributed by atoms with Gasteiger partial charge in [0, 0.05) is 7.05 Å². The predicted octanol–water partition coefficient (Wildman–Crippen LogP) is 2.91. The molecule has 2 aromatic rings. The highest BCUT2D eigenvalue weighted by molar-refractivity contribution is 7.10. The molecule has 0 unspecified atom stereocenters. The molecule has 4 nitrogen and oxygen atoms in total. The second-order valence-corrected chi connectivity index (χ2v) is 5.76. The van der Waals surface area contributed by atoms with Gasteiger partial charge in [-0.25, -0.2) is 0 Å². The lowest BCUT2D eigenvalue weighted by atomic mass is 10.1. The minimum absolute atomic E-state index is 0.0395. The standard InChI is InChI=1S/C15H17N3OS/c1-9-13(15(16-2)20-18-9)14(19)17-12-8-7-10-5-3-4-6-11(10)12/h3-6,12,16H,7-8H2,1-2H3,(H,17,19)/t12-/m0/s1. The predicted molar refractivity (Wildman–Crippen MR) is 81.4 cm³/mol. The molecule has 20 heavy (non-hydrogen) atoms. The maximum absolute atomic E-state index is 12.5. The van der Waals surface area contributed by atoms with E-state index in [0.29, 0.717) is 5.56 Å². The van der Waals surface area contributed by atoms with Crippen molar-refractivity contribution in [2.24, 2.45) is 0 Å². The highest BCUT2D eigenvalue weighted by atomic mass is 32.1. The zero-order valence-corrected chi connectivity index (χ0v) is 12.4. The van der Waals surface area contributed by atoms with E-state index in [1.54, 1.807) is 0 Å². The minimum Gasteiger partial charge on any atom is -0.378 e. The Bertz CT molecular complexity index is 650. The third kappa shape index (κ3) is 2.18. The number of carbonyl (C=O) groups is 1. The fourth-order valence-corrected chi connectivity index (χ4v) is 3.49. The molecule has 1 aromatic carbocycles. The van der Waals surface area contributed by atoms with Crippen LogP contribution >= 0.6 is 11.5 Å². The molecule has 0 saturated carbocycles. The summed E-state index contributed by atoms with van der Waals surface area (Å²) in [7, 11) is 1.81. The van der Waals surface area contributed by atoms with Crippen LogP contribution in [0.2, 0.25) is 0 Å². The molecule has 1 heterocycles. The normalized spacial score (nSPS) is 16.8. The van der Waals surface area contributed by atoms with Gasteiger partial charge >= 0.3 is 0 Å². The smallest absolute Gasteiger partial charge is 0.256 e. The van der Waals surface area contributed by atoms with E-state index in [1.807, 2.05) is 20.0 Å². The van der Waals surface area contributed by atoms with Gasteiger partial charge in [0.15, 0.2) is 0 Å². The molecule has 0 bridgehead atoms. The van der Waals surface area contributed by atoms with E-state index in [1.165, 1.54) is 22.7 Å². The zero-order chi connectivity index (χ0) is 14.1. The first kappa shape index (κ1) is 13.1. The lowest BCUT2D eigenvalue weighted by molar-refractivity contribution is 0.0937. The van der Waals surface area contributed by atoms with Gasteiger partial charge in [-0.05, 0) is 42.4 Å². The number of aromatic nitrogens is 1. The van der Waals surface area contributed by atoms with E-state index in [-0.39, 0.29) is 11.9 Å². The fraction of sp³-hybridized carbons (Fsp3) is 0.333. The summed E-state index contributed by atoms with van der Waals surface area (Å²) in [6.07, 6.45) is 2.00. The van der Waals surface area contributed by atoms with Crippen molar-refractivity contribution in [1.82, 2.24) is 9.69 Å². The van der Waals surface area contributed by atoms with Crippen LogP contribution in [0.4, 0.5) is 5.00 Å². The summed E-state index contributed by atoms with van der Waals surface area (Å²) in [5.41, 5.74) is 4.03. The Kier molecular flexibility index (Phi) is 3.44. The Morgan fingerprint density at radius 1 is 1.40 bits per heavy atom. The SMILES string of the molecule is CNc1snc(C)c1C(=O)N[C@H]1CCc2ccccc21. The summed E-state index contributed by atoms with van der Waals surface area (Å²) in [5, 5.41) is 7.00. The van der Waals surface area contributed by atoms with E-state index < -0.39 is 0 Å². The summed E-state index contributed by atoms with van der Waals surface area (Å²) >= 11 is 1.33. The number of benzene rings is 1. The molecule has 104 valence electrons. The molecule has 0 saturated heterocycles. The van der Waals surface area contributed by atoms with Crippen LogP contribution in [0.1, 0.15) is 39.6 Å². The lowest BCUT2D eigenvalue weighted by Crippen LogP contribution is -2.27. The molecular weight excluding hydrogens is 270 g/mol. The molecule has 1 amide bonds. The Morgan fingerprint density at radius 2 is 2.20 bits per heavy atom. The molecule has 5 heteroatoms. The second kappa shape index (κ2) is 5.25. The van der Waals surface area contributed by atoms with Gasteiger partial charge in [-0.3, -0.25) is 4.79 Å². The van der Waals surface area contributed by atoms with Crippen LogP contribution in [0.25, 0.3) is 0 Å². The first-order valence-corrected chi connectivity index (χ1v) is 7.50. The van der Waals surface area contributed by atoms with Crippen molar-refractivity contribution in [3.05, 3.63) is 46.6 Å². The molecule has 0 aliphatic heterocycles. The number of carbonyl (C=O) groups excluding carboxylic acids is 1. The zero-order valence-electron chi connectivity index (χ0n) is 11.6. The minimum atomic E-state index is -0.0395. The number of nitrogens with one attached hydrogen (secondary N) is 2. The van der Waals surface area contributed by atoms with Crippen molar-refractivity contribution in [2.75, 3.05) is 12.4 Å². The monoisotopic (exact) mass is 287 g/mol. The van der Waals surface area contributed by atoms with Crippen LogP contribution < -0.4 is 10.6 Å². The van der Waals surface area contributed by atoms with Crippen molar-refractivity contribution in [2.45, 2.75) is 25.8 Å². The van der Waals surface area contributed by atoms with Crippen LogP contribution in [0.15, 0.2) is 24.3 Å². The van der Waals surface area contributed by atoms with E-state index in [0.717, 1.165) is 23.5 Å². The van der Waals surface area contributed by atoms with Gasteiger partial charge in [0.1, 0.15) is 5.00 Å². The van der Waals surface area contributed by atoms with Crippen molar-refractivity contribution in [1.29, 1.82) is 0 Å². The summed E-state index contributed by atoms with van der Waals surface area (Å²) in [4.78, 5) is 12.5. The van der Waals surface area contributed by atoms with Gasteiger partial charge < -0.3 is 10.6 Å². The molecule has 0 fully saturated rings. The molecule has 1 aromatic heterocycles. The van der Waals surface area contributed by atoms with E-state index in [4.69, 9.17) is 0 Å². The number of amides is 1. The van der Waals surface area contributed by atoms with Gasteiger partial charge in [-0.15, -0.1) is 0 Å². The Balaban J connectivity index is 1.82. The molecule has 0 radical (unpaired) electrons. The largest absolute Gasteiger partial charge is 0.378 e. The average Bonchev–Trinajstić information content (AvgIpc) is 3.03. The number of fused-ring (bicyclic) bond motifs is 1. The maximum Gasteiger partial charge on any atom is 0.256 e. The topological polar surface area (TPSA) is 54.0 Å². The van der Waals surface area contributed by atoms with Gasteiger partial charge in [0.2, 0.25) is 0 Å². The molecule has 1 atom stereocenters. The van der Waals surface area contributed by atoms with Gasteiger partial charge in [0.05, 0.1) is 17.3 Å². The second-order valence-electron chi connectivity index (χ2n) is 4.99. The highest BCUT2D eigenvalue weighted by Crippen LogP contribution is 2.32. The number of aryl methyl sites for hydroxylation is 2. The third-order valence-electron chi connectivity index (χ3n) is 3.76. The van der Waals surface area contributed by atoms with Crippen molar-refractivity contribution >= 4 is 22.4 Å². The average molecular weight is 287 g/mol. The molecule has 1 aliphatic carbocycles. The first-order valence-electron chi connectivity index (χ1n) is 6.73. The fourth-order valence-electron chi connectivity index (χ4n) is 2.75. The van der Waals surface area contributed by atoms with Crippen LogP contribution in [0.3, 0.4) is 0 Å². The summed E-state index contributed by atoms with van der Waals surface area (Å²) in [6.45, 7) is 1.87.